The lowest BCUT2D eigenvalue weighted by Crippen LogP contribution is -2.31. The summed E-state index contributed by atoms with van der Waals surface area (Å²) < 4.78 is 28.3. The molecule has 0 bridgehead atoms. The highest BCUT2D eigenvalue weighted by Crippen LogP contribution is 2.37. The van der Waals surface area contributed by atoms with E-state index in [1.165, 1.54) is 12.3 Å². The fourth-order valence-corrected chi connectivity index (χ4v) is 3.19. The molecule has 2 N–H and O–H groups in total. The van der Waals surface area contributed by atoms with Gasteiger partial charge in [-0.2, -0.15) is 0 Å². The van der Waals surface area contributed by atoms with E-state index in [2.05, 4.69) is 4.72 Å². The van der Waals surface area contributed by atoms with E-state index in [0.717, 1.165) is 12.8 Å². The van der Waals surface area contributed by atoms with E-state index < -0.39 is 16.0 Å². The van der Waals surface area contributed by atoms with Gasteiger partial charge in [-0.3, -0.25) is 0 Å². The van der Waals surface area contributed by atoms with Crippen LogP contribution in [0.1, 0.15) is 49.6 Å². The molecule has 7 heteroatoms. The smallest absolute Gasteiger partial charge is 0.352 e. The van der Waals surface area contributed by atoms with E-state index >= 15 is 0 Å². The van der Waals surface area contributed by atoms with Crippen molar-refractivity contribution in [3.05, 3.63) is 18.0 Å². The molecule has 0 aliphatic heterocycles. The Labute approximate surface area is 112 Å². The summed E-state index contributed by atoms with van der Waals surface area (Å²) in [7, 11) is -3.65. The van der Waals surface area contributed by atoms with Crippen LogP contribution in [0.3, 0.4) is 0 Å². The average molecular weight is 286 g/mol. The van der Waals surface area contributed by atoms with Gasteiger partial charge in [0.15, 0.2) is 0 Å². The predicted molar refractivity (Wildman–Crippen MR) is 69.7 cm³/mol. The highest BCUT2D eigenvalue weighted by Gasteiger charge is 2.30. The summed E-state index contributed by atoms with van der Waals surface area (Å²) in [6.07, 6.45) is 3.89. The van der Waals surface area contributed by atoms with Crippen molar-refractivity contribution >= 4 is 16.0 Å². The van der Waals surface area contributed by atoms with Crippen LogP contribution in [0.15, 0.2) is 17.2 Å². The third-order valence-corrected chi connectivity index (χ3v) is 4.82. The summed E-state index contributed by atoms with van der Waals surface area (Å²) in [4.78, 5) is 11.2. The Bertz CT molecular complexity index is 587. The molecule has 1 aromatic heterocycles. The van der Waals surface area contributed by atoms with Crippen LogP contribution in [-0.2, 0) is 10.0 Å². The number of rotatable bonds is 6. The highest BCUT2D eigenvalue weighted by atomic mass is 32.2. The van der Waals surface area contributed by atoms with Gasteiger partial charge in [0.1, 0.15) is 10.6 Å². The maximum atomic E-state index is 12.1. The first-order valence-electron chi connectivity index (χ1n) is 6.32. The zero-order chi connectivity index (χ0) is 14.2. The zero-order valence-electron chi connectivity index (χ0n) is 11.0. The fourth-order valence-electron chi connectivity index (χ4n) is 1.84. The number of carboxylic acid groups (broad SMARTS) is 1. The van der Waals surface area contributed by atoms with E-state index in [4.69, 9.17) is 5.11 Å². The summed E-state index contributed by atoms with van der Waals surface area (Å²) >= 11 is 0. The molecule has 0 aromatic carbocycles. The number of hydrogen-bond acceptors (Lipinski definition) is 3. The SMILES string of the molecule is CCC(C)NS(=O)(=O)c1cc(C(=O)O)n(C2CC2)c1. The maximum Gasteiger partial charge on any atom is 0.352 e. The Morgan fingerprint density at radius 1 is 1.58 bits per heavy atom. The van der Waals surface area contributed by atoms with Crippen LogP contribution in [0.5, 0.6) is 0 Å². The van der Waals surface area contributed by atoms with Crippen molar-refractivity contribution < 1.29 is 18.3 Å². The first-order valence-corrected chi connectivity index (χ1v) is 7.81. The average Bonchev–Trinajstić information content (AvgIpc) is 3.06. The van der Waals surface area contributed by atoms with Crippen LogP contribution >= 0.6 is 0 Å². The molecule has 106 valence electrons. The molecular weight excluding hydrogens is 268 g/mol. The minimum Gasteiger partial charge on any atom is -0.477 e. The monoisotopic (exact) mass is 286 g/mol. The van der Waals surface area contributed by atoms with Crippen molar-refractivity contribution in [2.75, 3.05) is 0 Å². The van der Waals surface area contributed by atoms with E-state index in [1.54, 1.807) is 11.5 Å². The molecule has 0 radical (unpaired) electrons. The number of aromatic carboxylic acids is 1. The second-order valence-corrected chi connectivity index (χ2v) is 6.65. The number of nitrogens with zero attached hydrogens (tertiary/aromatic N) is 1. The van der Waals surface area contributed by atoms with Crippen molar-refractivity contribution in [3.63, 3.8) is 0 Å². The minimum absolute atomic E-state index is 0.0251. The van der Waals surface area contributed by atoms with Gasteiger partial charge in [0.25, 0.3) is 0 Å². The number of carboxylic acids is 1. The van der Waals surface area contributed by atoms with Crippen molar-refractivity contribution in [2.24, 2.45) is 0 Å². The van der Waals surface area contributed by atoms with Gasteiger partial charge in [-0.05, 0) is 32.3 Å². The third-order valence-electron chi connectivity index (χ3n) is 3.26. The number of aromatic nitrogens is 1. The Morgan fingerprint density at radius 2 is 2.21 bits per heavy atom. The summed E-state index contributed by atoms with van der Waals surface area (Å²) in [6, 6.07) is 1.17. The normalized spacial score (nSPS) is 17.4. The molecule has 6 nitrogen and oxygen atoms in total. The van der Waals surface area contributed by atoms with E-state index in [-0.39, 0.29) is 22.7 Å². The van der Waals surface area contributed by atoms with E-state index in [0.29, 0.717) is 6.42 Å². The van der Waals surface area contributed by atoms with Gasteiger partial charge in [0, 0.05) is 18.3 Å². The summed E-state index contributed by atoms with van der Waals surface area (Å²) in [5.41, 5.74) is 0.0343. The van der Waals surface area contributed by atoms with Gasteiger partial charge >= 0.3 is 5.97 Å². The van der Waals surface area contributed by atoms with Gasteiger partial charge in [-0.15, -0.1) is 0 Å². The van der Waals surface area contributed by atoms with Crippen LogP contribution in [0, 0.1) is 0 Å². The lowest BCUT2D eigenvalue weighted by Gasteiger charge is -2.10. The van der Waals surface area contributed by atoms with Gasteiger partial charge in [0.05, 0.1) is 0 Å². The molecule has 1 heterocycles. The predicted octanol–water partition coefficient (Wildman–Crippen LogP) is 1.60. The first kappa shape index (κ1) is 14.1. The second-order valence-electron chi connectivity index (χ2n) is 4.94. The number of sulfonamides is 1. The minimum atomic E-state index is -3.65. The van der Waals surface area contributed by atoms with Crippen LogP contribution in [0.25, 0.3) is 0 Å². The quantitative estimate of drug-likeness (QED) is 0.831. The molecule has 1 saturated carbocycles. The zero-order valence-corrected chi connectivity index (χ0v) is 11.8. The maximum absolute atomic E-state index is 12.1. The third kappa shape index (κ3) is 2.98. The molecule has 19 heavy (non-hydrogen) atoms. The lowest BCUT2D eigenvalue weighted by molar-refractivity contribution is 0.0685. The largest absolute Gasteiger partial charge is 0.477 e. The van der Waals surface area contributed by atoms with Gasteiger partial charge < -0.3 is 9.67 Å². The molecular formula is C12H18N2O4S. The Balaban J connectivity index is 2.35. The molecule has 1 aromatic rings. The Kier molecular flexibility index (Phi) is 3.69. The van der Waals surface area contributed by atoms with Crippen LogP contribution in [0.4, 0.5) is 0 Å². The van der Waals surface area contributed by atoms with E-state index in [9.17, 15) is 13.2 Å². The summed E-state index contributed by atoms with van der Waals surface area (Å²) in [5, 5.41) is 9.11. The molecule has 1 fully saturated rings. The second kappa shape index (κ2) is 4.97. The molecule has 1 atom stereocenters. The fraction of sp³-hybridized carbons (Fsp3) is 0.583. The highest BCUT2D eigenvalue weighted by molar-refractivity contribution is 7.89. The Morgan fingerprint density at radius 3 is 2.68 bits per heavy atom. The molecule has 1 aliphatic carbocycles. The van der Waals surface area contributed by atoms with Crippen molar-refractivity contribution in [3.8, 4) is 0 Å². The van der Waals surface area contributed by atoms with Gasteiger partial charge in [-0.1, -0.05) is 6.92 Å². The molecule has 1 unspecified atom stereocenters. The molecule has 1 aliphatic rings. The summed E-state index contributed by atoms with van der Waals surface area (Å²) in [6.45, 7) is 3.65. The number of nitrogens with one attached hydrogen (secondary N) is 1. The van der Waals surface area contributed by atoms with Gasteiger partial charge in [-0.25, -0.2) is 17.9 Å². The van der Waals surface area contributed by atoms with Crippen LogP contribution < -0.4 is 4.72 Å². The Hall–Kier alpha value is -1.34. The molecule has 0 amide bonds. The number of carbonyl (C=O) groups is 1. The molecule has 0 saturated heterocycles. The van der Waals surface area contributed by atoms with Gasteiger partial charge in [0.2, 0.25) is 10.0 Å². The van der Waals surface area contributed by atoms with E-state index in [1.807, 2.05) is 6.92 Å². The van der Waals surface area contributed by atoms with Crippen LogP contribution in [0.2, 0.25) is 0 Å². The lowest BCUT2D eigenvalue weighted by atomic mass is 10.3. The van der Waals surface area contributed by atoms with Crippen molar-refractivity contribution in [2.45, 2.75) is 50.1 Å². The topological polar surface area (TPSA) is 88.4 Å². The standard InChI is InChI=1S/C12H18N2O4S/c1-3-8(2)13-19(17,18)10-6-11(12(15)16)14(7-10)9-4-5-9/h6-9,13H,3-5H2,1-2H3,(H,15,16). The number of hydrogen-bond donors (Lipinski definition) is 2. The van der Waals surface area contributed by atoms with Crippen molar-refractivity contribution in [1.29, 1.82) is 0 Å². The molecule has 0 spiro atoms. The van der Waals surface area contributed by atoms with Crippen molar-refractivity contribution in [1.82, 2.24) is 9.29 Å². The summed E-state index contributed by atoms with van der Waals surface area (Å²) in [5.74, 6) is -1.10. The molecule has 2 rings (SSSR count). The van der Waals surface area contributed by atoms with Crippen LogP contribution in [-0.4, -0.2) is 30.1 Å². The first-order chi connectivity index (χ1) is 8.85.